The zero-order valence-corrected chi connectivity index (χ0v) is 40.3. The average molecular weight is 925 g/mol. The Morgan fingerprint density at radius 1 is 0.205 bits per heavy atom. The highest BCUT2D eigenvalue weighted by atomic mass is 14.5. The van der Waals surface area contributed by atoms with Crippen LogP contribution in [0.25, 0.3) is 121 Å². The molecule has 0 amide bonds. The van der Waals surface area contributed by atoms with Gasteiger partial charge in [0.05, 0.1) is 0 Å². The van der Waals surface area contributed by atoms with E-state index in [1.54, 1.807) is 0 Å². The van der Waals surface area contributed by atoms with Gasteiger partial charge in [-0.1, -0.05) is 255 Å². The highest BCUT2D eigenvalue weighted by Crippen LogP contribution is 2.57. The normalized spacial score (nSPS) is 13.2. The van der Waals surface area contributed by atoms with Crippen molar-refractivity contribution in [2.24, 2.45) is 0 Å². The van der Waals surface area contributed by atoms with Crippen molar-refractivity contribution in [3.8, 4) is 77.9 Å². The number of fused-ring (bicyclic) bond motifs is 10. The molecule has 0 atom stereocenters. The van der Waals surface area contributed by atoms with E-state index >= 15 is 0 Å². The lowest BCUT2D eigenvalue weighted by Crippen LogP contribution is -2.26. The first-order chi connectivity index (χ1) is 36.2. The molecule has 2 aliphatic carbocycles. The number of rotatable bonds is 6. The molecule has 2 aliphatic rings. The van der Waals surface area contributed by atoms with Gasteiger partial charge in [0, 0.05) is 5.41 Å². The van der Waals surface area contributed by atoms with Crippen LogP contribution in [0.15, 0.2) is 267 Å². The molecule has 0 radical (unpaired) electrons. The van der Waals surface area contributed by atoms with Gasteiger partial charge < -0.3 is 0 Å². The summed E-state index contributed by atoms with van der Waals surface area (Å²) in [5, 5.41) is 10.2. The van der Waals surface area contributed by atoms with Crippen LogP contribution in [-0.4, -0.2) is 0 Å². The molecule has 0 aliphatic heterocycles. The molecule has 15 rings (SSSR count). The Morgan fingerprint density at radius 3 is 0.767 bits per heavy atom. The third-order valence-corrected chi connectivity index (χ3v) is 16.5. The highest BCUT2D eigenvalue weighted by Gasteiger charge is 2.47. The molecule has 0 aromatic heterocycles. The molecule has 13 aromatic carbocycles. The van der Waals surface area contributed by atoms with E-state index in [0.29, 0.717) is 0 Å². The first-order valence-electron chi connectivity index (χ1n) is 25.7. The van der Waals surface area contributed by atoms with Crippen LogP contribution in [0.5, 0.6) is 0 Å². The van der Waals surface area contributed by atoms with E-state index in [1.807, 2.05) is 0 Å². The summed E-state index contributed by atoms with van der Waals surface area (Å²) in [5.74, 6) is 0. The highest BCUT2D eigenvalue weighted by molar-refractivity contribution is 6.22. The fourth-order valence-corrected chi connectivity index (χ4v) is 13.2. The maximum Gasteiger partial charge on any atom is 0.0296 e. The van der Waals surface area contributed by atoms with E-state index in [4.69, 9.17) is 0 Å². The Labute approximate surface area is 426 Å². The monoisotopic (exact) mass is 924 g/mol. The molecule has 13 aromatic rings. The lowest BCUT2D eigenvalue weighted by Gasteiger charge is -2.27. The second kappa shape index (κ2) is 16.5. The molecular weight excluding hydrogens is 877 g/mol. The van der Waals surface area contributed by atoms with Crippen molar-refractivity contribution in [2.45, 2.75) is 18.3 Å². The van der Waals surface area contributed by atoms with Gasteiger partial charge in [-0.15, -0.1) is 0 Å². The van der Waals surface area contributed by atoms with Gasteiger partial charge in [-0.05, 0) is 168 Å². The number of benzene rings is 13. The van der Waals surface area contributed by atoms with E-state index in [0.717, 1.165) is 12.8 Å². The van der Waals surface area contributed by atoms with Gasteiger partial charge in [-0.25, -0.2) is 0 Å². The summed E-state index contributed by atoms with van der Waals surface area (Å²) in [6, 6.07) is 99.9. The summed E-state index contributed by atoms with van der Waals surface area (Å²) in [7, 11) is 0. The van der Waals surface area contributed by atoms with Gasteiger partial charge in [0.25, 0.3) is 0 Å². The van der Waals surface area contributed by atoms with Crippen LogP contribution in [0.2, 0.25) is 0 Å². The molecule has 0 nitrogen and oxygen atoms in total. The Kier molecular flexibility index (Phi) is 9.41. The predicted octanol–water partition coefficient (Wildman–Crippen LogP) is 19.4. The molecule has 73 heavy (non-hydrogen) atoms. The predicted molar refractivity (Wildman–Crippen MR) is 309 cm³/mol. The van der Waals surface area contributed by atoms with E-state index in [2.05, 4.69) is 267 Å². The summed E-state index contributed by atoms with van der Waals surface area (Å²) in [4.78, 5) is 0. The first kappa shape index (κ1) is 41.7. The largest absolute Gasteiger partial charge is 0.0622 e. The lowest BCUT2D eigenvalue weighted by molar-refractivity contribution is 0.564. The van der Waals surface area contributed by atoms with Gasteiger partial charge in [-0.3, -0.25) is 0 Å². The van der Waals surface area contributed by atoms with Crippen molar-refractivity contribution in [1.82, 2.24) is 0 Å². The third-order valence-electron chi connectivity index (χ3n) is 16.5. The second-order valence-corrected chi connectivity index (χ2v) is 20.3. The number of hydrogen-bond donors (Lipinski definition) is 0. The SMILES string of the molecule is c1ccc(-c2c3ccccc3c(-c3ccc(-c4ccc5c(c4)C4(Cc6ccccc6C4)c4cc(-c6ccc(-c7c8ccccc8c(-c8ccccc8)c8ccccc78)cc6)ccc4-5)cc3)c3ccccc23)cc1. The third kappa shape index (κ3) is 6.47. The van der Waals surface area contributed by atoms with Crippen molar-refractivity contribution in [1.29, 1.82) is 0 Å². The smallest absolute Gasteiger partial charge is 0.0296 e. The summed E-state index contributed by atoms with van der Waals surface area (Å²) in [6.45, 7) is 0. The zero-order chi connectivity index (χ0) is 48.0. The first-order valence-corrected chi connectivity index (χ1v) is 25.7. The molecule has 0 bridgehead atoms. The average Bonchev–Trinajstić information content (AvgIpc) is 4.02. The van der Waals surface area contributed by atoms with Gasteiger partial charge in [-0.2, -0.15) is 0 Å². The molecule has 0 saturated heterocycles. The second-order valence-electron chi connectivity index (χ2n) is 20.3. The fourth-order valence-electron chi connectivity index (χ4n) is 13.2. The van der Waals surface area contributed by atoms with Crippen LogP contribution in [0.4, 0.5) is 0 Å². The summed E-state index contributed by atoms with van der Waals surface area (Å²) >= 11 is 0. The maximum absolute atomic E-state index is 2.53. The van der Waals surface area contributed by atoms with Crippen LogP contribution in [0.1, 0.15) is 22.3 Å². The van der Waals surface area contributed by atoms with Gasteiger partial charge in [0.1, 0.15) is 0 Å². The standard InChI is InChI=1S/C73H48/c1-3-17-49(18-4-1)69-59-23-9-13-27-63(59)71(64-28-14-10-24-60(64)69)51-35-31-47(32-36-51)53-39-41-57-58-42-40-54(44-68(58)73(67(57)43-53)45-55-21-7-8-22-56(55)46-73)48-33-37-52(38-34-48)72-65-29-15-11-25-61(65)70(50-19-5-2-6-20-50)62-26-12-16-30-66(62)72/h1-44H,45-46H2. The van der Waals surface area contributed by atoms with Gasteiger partial charge >= 0.3 is 0 Å². The van der Waals surface area contributed by atoms with Crippen molar-refractivity contribution in [3.63, 3.8) is 0 Å². The van der Waals surface area contributed by atoms with Crippen LogP contribution >= 0.6 is 0 Å². The van der Waals surface area contributed by atoms with E-state index < -0.39 is 0 Å². The van der Waals surface area contributed by atoms with E-state index in [-0.39, 0.29) is 5.41 Å². The summed E-state index contributed by atoms with van der Waals surface area (Å²) < 4.78 is 0. The minimum Gasteiger partial charge on any atom is -0.0622 e. The van der Waals surface area contributed by atoms with E-state index in [1.165, 1.54) is 143 Å². The molecule has 0 N–H and O–H groups in total. The minimum absolute atomic E-state index is 0.156. The molecule has 0 unspecified atom stereocenters. The molecule has 1 spiro atoms. The lowest BCUT2D eigenvalue weighted by atomic mass is 9.74. The topological polar surface area (TPSA) is 0 Å². The fraction of sp³-hybridized carbons (Fsp3) is 0.0411. The van der Waals surface area contributed by atoms with Crippen LogP contribution in [-0.2, 0) is 18.3 Å². The maximum atomic E-state index is 2.53. The minimum atomic E-state index is -0.156. The van der Waals surface area contributed by atoms with Crippen molar-refractivity contribution < 1.29 is 0 Å². The number of hydrogen-bond acceptors (Lipinski definition) is 0. The Morgan fingerprint density at radius 2 is 0.452 bits per heavy atom. The molecular formula is C73H48. The quantitative estimate of drug-likeness (QED) is 0.146. The molecule has 340 valence electrons. The van der Waals surface area contributed by atoms with Crippen LogP contribution < -0.4 is 0 Å². The Balaban J connectivity index is 0.811. The molecule has 0 fully saturated rings. The van der Waals surface area contributed by atoms with Crippen LogP contribution in [0, 0.1) is 0 Å². The molecule has 0 saturated carbocycles. The summed E-state index contributed by atoms with van der Waals surface area (Å²) in [5.41, 5.74) is 23.5. The molecule has 0 heteroatoms. The van der Waals surface area contributed by atoms with Gasteiger partial charge in [0.2, 0.25) is 0 Å². The van der Waals surface area contributed by atoms with Crippen molar-refractivity contribution in [2.75, 3.05) is 0 Å². The van der Waals surface area contributed by atoms with Crippen LogP contribution in [0.3, 0.4) is 0 Å². The van der Waals surface area contributed by atoms with Crippen molar-refractivity contribution in [3.05, 3.63) is 289 Å². The summed E-state index contributed by atoms with van der Waals surface area (Å²) in [6.07, 6.45) is 1.98. The Hall–Kier alpha value is -9.10. The van der Waals surface area contributed by atoms with E-state index in [9.17, 15) is 0 Å². The van der Waals surface area contributed by atoms with Gasteiger partial charge in [0.15, 0.2) is 0 Å². The molecule has 0 heterocycles. The zero-order valence-electron chi connectivity index (χ0n) is 40.3. The van der Waals surface area contributed by atoms with Crippen molar-refractivity contribution >= 4 is 43.1 Å². The Bertz CT molecular complexity index is 3930.